The van der Waals surface area contributed by atoms with Crippen molar-refractivity contribution in [3.63, 3.8) is 0 Å². The molecule has 0 unspecified atom stereocenters. The van der Waals surface area contributed by atoms with Gasteiger partial charge < -0.3 is 10.2 Å². The molecule has 90 valence electrons. The molecule has 0 atom stereocenters. The zero-order valence-electron chi connectivity index (χ0n) is 9.48. The molecule has 0 aromatic rings. The average Bonchev–Trinajstić information content (AvgIpc) is 2.27. The Hall–Kier alpha value is -1.50. The molecule has 16 heavy (non-hydrogen) atoms. The van der Waals surface area contributed by atoms with Crippen LogP contribution in [0.1, 0.15) is 44.9 Å². The maximum atomic E-state index is 9.08. The van der Waals surface area contributed by atoms with Gasteiger partial charge in [0.1, 0.15) is 0 Å². The molecule has 0 bridgehead atoms. The molecule has 0 spiro atoms. The molecule has 1 saturated carbocycles. The third-order valence-electron chi connectivity index (χ3n) is 2.87. The second-order valence-corrected chi connectivity index (χ2v) is 4.06. The van der Waals surface area contributed by atoms with Crippen molar-refractivity contribution in [2.75, 3.05) is 0 Å². The van der Waals surface area contributed by atoms with E-state index in [1.807, 2.05) is 6.08 Å². The summed E-state index contributed by atoms with van der Waals surface area (Å²) >= 11 is 0. The van der Waals surface area contributed by atoms with Crippen LogP contribution in [-0.4, -0.2) is 16.4 Å². The quantitative estimate of drug-likeness (QED) is 0.718. The Kier molecular flexibility index (Phi) is 7.02. The van der Waals surface area contributed by atoms with Crippen molar-refractivity contribution in [3.8, 4) is 6.07 Å². The van der Waals surface area contributed by atoms with Gasteiger partial charge in [0.05, 0.1) is 11.5 Å². The topological polar surface area (TPSA) is 81.3 Å². The fraction of sp³-hybridized carbons (Fsp3) is 0.667. The van der Waals surface area contributed by atoms with Gasteiger partial charge in [0.2, 0.25) is 0 Å². The van der Waals surface area contributed by atoms with E-state index >= 15 is 0 Å². The van der Waals surface area contributed by atoms with Gasteiger partial charge in [-0.05, 0) is 25.7 Å². The maximum Gasteiger partial charge on any atom is 0.503 e. The predicted octanol–water partition coefficient (Wildman–Crippen LogP) is 3.65. The van der Waals surface area contributed by atoms with E-state index in [2.05, 4.69) is 12.6 Å². The van der Waals surface area contributed by atoms with E-state index in [4.69, 9.17) is 20.3 Å². The van der Waals surface area contributed by atoms with Gasteiger partial charge in [-0.1, -0.05) is 25.3 Å². The monoisotopic (exact) mass is 225 g/mol. The van der Waals surface area contributed by atoms with Crippen LogP contribution < -0.4 is 0 Å². The molecular formula is C12H19NO3. The first-order chi connectivity index (χ1) is 7.56. The van der Waals surface area contributed by atoms with Crippen LogP contribution in [-0.2, 0) is 0 Å². The zero-order valence-corrected chi connectivity index (χ0v) is 9.48. The molecule has 4 heteroatoms. The Bertz CT molecular complexity index is 258. The van der Waals surface area contributed by atoms with Crippen molar-refractivity contribution in [1.82, 2.24) is 0 Å². The summed E-state index contributed by atoms with van der Waals surface area (Å²) in [6.45, 7) is 3.70. The minimum atomic E-state index is -1.83. The van der Waals surface area contributed by atoms with E-state index in [9.17, 15) is 0 Å². The van der Waals surface area contributed by atoms with Crippen LogP contribution >= 0.6 is 0 Å². The van der Waals surface area contributed by atoms with E-state index in [0.717, 1.165) is 25.7 Å². The Labute approximate surface area is 96.2 Å². The van der Waals surface area contributed by atoms with E-state index in [1.165, 1.54) is 19.3 Å². The Balaban J connectivity index is 0.000000487. The molecule has 1 fully saturated rings. The highest BCUT2D eigenvalue weighted by Gasteiger charge is 2.30. The smallest absolute Gasteiger partial charge is 0.450 e. The van der Waals surface area contributed by atoms with Crippen LogP contribution in [0.15, 0.2) is 12.7 Å². The molecule has 0 aliphatic heterocycles. The predicted molar refractivity (Wildman–Crippen MR) is 61.2 cm³/mol. The van der Waals surface area contributed by atoms with E-state index in [0.29, 0.717) is 0 Å². The largest absolute Gasteiger partial charge is 0.503 e. The molecule has 4 nitrogen and oxygen atoms in total. The van der Waals surface area contributed by atoms with E-state index in [1.54, 1.807) is 0 Å². The Morgan fingerprint density at radius 1 is 1.38 bits per heavy atom. The van der Waals surface area contributed by atoms with E-state index in [-0.39, 0.29) is 5.41 Å². The van der Waals surface area contributed by atoms with Crippen molar-refractivity contribution < 1.29 is 15.0 Å². The van der Waals surface area contributed by atoms with Crippen LogP contribution in [0.3, 0.4) is 0 Å². The Morgan fingerprint density at radius 2 is 1.88 bits per heavy atom. The molecule has 0 aromatic carbocycles. The van der Waals surface area contributed by atoms with Crippen molar-refractivity contribution in [1.29, 1.82) is 5.26 Å². The highest BCUT2D eigenvalue weighted by atomic mass is 16.6. The first kappa shape index (κ1) is 14.5. The average molecular weight is 225 g/mol. The molecule has 0 aromatic heterocycles. The number of carboxylic acid groups (broad SMARTS) is 2. The fourth-order valence-electron chi connectivity index (χ4n) is 2.02. The summed E-state index contributed by atoms with van der Waals surface area (Å²) in [4.78, 5) is 8.56. The molecular weight excluding hydrogens is 206 g/mol. The number of nitrogens with zero attached hydrogens (tertiary/aromatic N) is 1. The lowest BCUT2D eigenvalue weighted by Gasteiger charge is -2.30. The summed E-state index contributed by atoms with van der Waals surface area (Å²) in [5.41, 5.74) is 0.00639. The molecule has 2 N–H and O–H groups in total. The minimum absolute atomic E-state index is 0.00639. The summed E-state index contributed by atoms with van der Waals surface area (Å²) in [7, 11) is 0. The minimum Gasteiger partial charge on any atom is -0.450 e. The molecule has 0 saturated heterocycles. The molecule has 1 aliphatic rings. The number of hydrogen-bond donors (Lipinski definition) is 2. The third-order valence-corrected chi connectivity index (χ3v) is 2.87. The lowest BCUT2D eigenvalue weighted by atomic mass is 9.72. The van der Waals surface area contributed by atoms with Gasteiger partial charge in [-0.2, -0.15) is 5.26 Å². The molecule has 0 radical (unpaired) electrons. The zero-order chi connectivity index (χ0) is 12.4. The summed E-state index contributed by atoms with van der Waals surface area (Å²) in [6, 6.07) is 2.50. The normalized spacial score (nSPS) is 17.4. The van der Waals surface area contributed by atoms with Crippen molar-refractivity contribution in [2.24, 2.45) is 5.41 Å². The lowest BCUT2D eigenvalue weighted by molar-refractivity contribution is 0.137. The van der Waals surface area contributed by atoms with Crippen LogP contribution in [0.2, 0.25) is 0 Å². The highest BCUT2D eigenvalue weighted by molar-refractivity contribution is 5.53. The molecule has 0 amide bonds. The standard InChI is InChI=1S/C11H17N.CH2O3/c1-2-3-7-11(10-12)8-5-4-6-9-11;2-1(3)4/h2H,1,3-9H2;(H2,2,3,4). The second kappa shape index (κ2) is 7.75. The highest BCUT2D eigenvalue weighted by Crippen LogP contribution is 2.39. The van der Waals surface area contributed by atoms with Crippen LogP contribution in [0, 0.1) is 16.7 Å². The van der Waals surface area contributed by atoms with Gasteiger partial charge in [0, 0.05) is 0 Å². The van der Waals surface area contributed by atoms with Crippen molar-refractivity contribution in [2.45, 2.75) is 44.9 Å². The van der Waals surface area contributed by atoms with Gasteiger partial charge >= 0.3 is 6.16 Å². The summed E-state index contributed by atoms with van der Waals surface area (Å²) in [5, 5.41) is 23.0. The van der Waals surface area contributed by atoms with Crippen LogP contribution in [0.5, 0.6) is 0 Å². The molecule has 1 rings (SSSR count). The van der Waals surface area contributed by atoms with Crippen LogP contribution in [0.4, 0.5) is 4.79 Å². The summed E-state index contributed by atoms with van der Waals surface area (Å²) < 4.78 is 0. The van der Waals surface area contributed by atoms with E-state index < -0.39 is 6.16 Å². The SMILES string of the molecule is C=CCCC1(C#N)CCCCC1.O=C(O)O. The number of nitriles is 1. The van der Waals surface area contributed by atoms with Gasteiger partial charge in [-0.25, -0.2) is 4.79 Å². The molecule has 1 aliphatic carbocycles. The summed E-state index contributed by atoms with van der Waals surface area (Å²) in [6.07, 6.45) is 8.12. The number of allylic oxidation sites excluding steroid dienone is 1. The van der Waals surface area contributed by atoms with Gasteiger partial charge in [-0.3, -0.25) is 0 Å². The fourth-order valence-corrected chi connectivity index (χ4v) is 2.02. The third kappa shape index (κ3) is 6.07. The van der Waals surface area contributed by atoms with Crippen molar-refractivity contribution >= 4 is 6.16 Å². The maximum absolute atomic E-state index is 9.08. The first-order valence-corrected chi connectivity index (χ1v) is 5.50. The number of hydrogen-bond acceptors (Lipinski definition) is 2. The lowest BCUT2D eigenvalue weighted by Crippen LogP contribution is -2.21. The first-order valence-electron chi connectivity index (χ1n) is 5.50. The van der Waals surface area contributed by atoms with Gasteiger partial charge in [-0.15, -0.1) is 6.58 Å². The molecule has 0 heterocycles. The van der Waals surface area contributed by atoms with Crippen LogP contribution in [0.25, 0.3) is 0 Å². The number of carbonyl (C=O) groups is 1. The second-order valence-electron chi connectivity index (χ2n) is 4.06. The van der Waals surface area contributed by atoms with Gasteiger partial charge in [0.25, 0.3) is 0 Å². The number of rotatable bonds is 3. The Morgan fingerprint density at radius 3 is 2.25 bits per heavy atom. The van der Waals surface area contributed by atoms with Crippen molar-refractivity contribution in [3.05, 3.63) is 12.7 Å². The van der Waals surface area contributed by atoms with Gasteiger partial charge in [0.15, 0.2) is 0 Å². The summed E-state index contributed by atoms with van der Waals surface area (Å²) in [5.74, 6) is 0.